The Morgan fingerprint density at radius 2 is 2.43 bits per heavy atom. The van der Waals surface area contributed by atoms with Gasteiger partial charge in [-0.1, -0.05) is 0 Å². The standard InChI is InChI=1S/C6H6N4O2S2/c1-14(12)5-3(2-7)4(13-10-5)9-6(8)11/h1H3,(H3,8,9,11). The first kappa shape index (κ1) is 10.6. The van der Waals surface area contributed by atoms with Crippen LogP contribution in [0.15, 0.2) is 5.03 Å². The quantitative estimate of drug-likeness (QED) is 0.758. The van der Waals surface area contributed by atoms with Crippen LogP contribution in [0.3, 0.4) is 0 Å². The molecule has 74 valence electrons. The fourth-order valence-corrected chi connectivity index (χ4v) is 2.44. The van der Waals surface area contributed by atoms with Crippen LogP contribution in [0.1, 0.15) is 5.56 Å². The Balaban J connectivity index is 3.15. The van der Waals surface area contributed by atoms with Crippen LogP contribution in [0, 0.1) is 11.3 Å². The van der Waals surface area contributed by atoms with E-state index in [0.717, 1.165) is 11.5 Å². The smallest absolute Gasteiger partial charge is 0.317 e. The first-order valence-corrected chi connectivity index (χ1v) is 5.69. The van der Waals surface area contributed by atoms with Crippen molar-refractivity contribution in [3.05, 3.63) is 5.56 Å². The molecule has 2 amide bonds. The molecule has 0 radical (unpaired) electrons. The van der Waals surface area contributed by atoms with Gasteiger partial charge in [-0.15, -0.1) is 0 Å². The molecule has 6 nitrogen and oxygen atoms in total. The summed E-state index contributed by atoms with van der Waals surface area (Å²) in [6.45, 7) is 0. The third-order valence-corrected chi connectivity index (χ3v) is 3.00. The minimum absolute atomic E-state index is 0.106. The zero-order valence-corrected chi connectivity index (χ0v) is 8.74. The van der Waals surface area contributed by atoms with Gasteiger partial charge in [0.1, 0.15) is 16.6 Å². The summed E-state index contributed by atoms with van der Waals surface area (Å²) in [5.41, 5.74) is 4.98. The number of amides is 2. The third kappa shape index (κ3) is 2.07. The lowest BCUT2D eigenvalue weighted by Crippen LogP contribution is -2.19. The minimum atomic E-state index is -1.35. The molecule has 0 spiro atoms. The summed E-state index contributed by atoms with van der Waals surface area (Å²) >= 11 is 0.880. The predicted molar refractivity (Wildman–Crippen MR) is 52.4 cm³/mol. The molecule has 0 aliphatic heterocycles. The van der Waals surface area contributed by atoms with E-state index in [2.05, 4.69) is 9.69 Å². The SMILES string of the molecule is CS(=O)c1nsc(NC(N)=O)c1C#N. The molecule has 0 aromatic carbocycles. The maximum atomic E-state index is 11.1. The van der Waals surface area contributed by atoms with Gasteiger partial charge in [0.2, 0.25) is 0 Å². The molecule has 1 aromatic rings. The van der Waals surface area contributed by atoms with E-state index in [1.165, 1.54) is 6.26 Å². The molecular weight excluding hydrogens is 224 g/mol. The maximum absolute atomic E-state index is 11.1. The number of hydrogen-bond donors (Lipinski definition) is 2. The molecule has 14 heavy (non-hydrogen) atoms. The van der Waals surface area contributed by atoms with Gasteiger partial charge in [0.15, 0.2) is 5.03 Å². The molecule has 0 fully saturated rings. The molecule has 0 aliphatic carbocycles. The lowest BCUT2D eigenvalue weighted by molar-refractivity contribution is 0.259. The molecule has 1 atom stereocenters. The van der Waals surface area contributed by atoms with Crippen LogP contribution in [-0.2, 0) is 10.8 Å². The van der Waals surface area contributed by atoms with Gasteiger partial charge in [0.05, 0.1) is 10.8 Å². The second kappa shape index (κ2) is 4.17. The minimum Gasteiger partial charge on any atom is -0.351 e. The van der Waals surface area contributed by atoms with Gasteiger partial charge in [-0.2, -0.15) is 9.64 Å². The van der Waals surface area contributed by atoms with Crippen molar-refractivity contribution in [3.8, 4) is 6.07 Å². The largest absolute Gasteiger partial charge is 0.351 e. The first-order valence-electron chi connectivity index (χ1n) is 3.36. The highest BCUT2D eigenvalue weighted by Gasteiger charge is 2.16. The van der Waals surface area contributed by atoms with Crippen LogP contribution in [0.4, 0.5) is 9.80 Å². The Hall–Kier alpha value is -1.46. The lowest BCUT2D eigenvalue weighted by Gasteiger charge is -1.95. The third-order valence-electron chi connectivity index (χ3n) is 1.28. The molecule has 1 aromatic heterocycles. The Labute approximate surface area is 86.3 Å². The van der Waals surface area contributed by atoms with E-state index in [-0.39, 0.29) is 15.6 Å². The van der Waals surface area contributed by atoms with Crippen molar-refractivity contribution < 1.29 is 9.00 Å². The average molecular weight is 230 g/mol. The Morgan fingerprint density at radius 3 is 2.86 bits per heavy atom. The Kier molecular flexibility index (Phi) is 3.16. The maximum Gasteiger partial charge on any atom is 0.317 e. The van der Waals surface area contributed by atoms with Crippen LogP contribution in [0.5, 0.6) is 0 Å². The van der Waals surface area contributed by atoms with Crippen LogP contribution < -0.4 is 11.1 Å². The molecule has 0 saturated carbocycles. The summed E-state index contributed by atoms with van der Waals surface area (Å²) in [6, 6.07) is 1.04. The lowest BCUT2D eigenvalue weighted by atomic mass is 10.4. The zero-order valence-electron chi connectivity index (χ0n) is 7.10. The number of urea groups is 1. The van der Waals surface area contributed by atoms with Gasteiger partial charge in [-0.05, 0) is 11.5 Å². The van der Waals surface area contributed by atoms with Crippen molar-refractivity contribution in [1.82, 2.24) is 4.37 Å². The number of carbonyl (C=O) groups is 1. The van der Waals surface area contributed by atoms with Gasteiger partial charge in [-0.25, -0.2) is 4.79 Å². The molecule has 8 heteroatoms. The predicted octanol–water partition coefficient (Wildman–Crippen LogP) is 0.243. The van der Waals surface area contributed by atoms with E-state index in [4.69, 9.17) is 11.0 Å². The molecule has 3 N–H and O–H groups in total. The van der Waals surface area contributed by atoms with E-state index >= 15 is 0 Å². The van der Waals surface area contributed by atoms with Crippen molar-refractivity contribution in [1.29, 1.82) is 5.26 Å². The van der Waals surface area contributed by atoms with Crippen LogP contribution in [0.2, 0.25) is 0 Å². The number of nitrogens with two attached hydrogens (primary N) is 1. The van der Waals surface area contributed by atoms with Gasteiger partial charge < -0.3 is 5.73 Å². The number of nitrogens with zero attached hydrogens (tertiary/aromatic N) is 2. The summed E-state index contributed by atoms with van der Waals surface area (Å²) in [4.78, 5) is 10.5. The van der Waals surface area contributed by atoms with E-state index in [1.54, 1.807) is 0 Å². The van der Waals surface area contributed by atoms with Crippen LogP contribution >= 0.6 is 11.5 Å². The van der Waals surface area contributed by atoms with Crippen molar-refractivity contribution in [2.24, 2.45) is 5.73 Å². The highest BCUT2D eigenvalue weighted by Crippen LogP contribution is 2.25. The second-order valence-electron chi connectivity index (χ2n) is 2.25. The van der Waals surface area contributed by atoms with E-state index < -0.39 is 16.8 Å². The molecule has 1 unspecified atom stereocenters. The van der Waals surface area contributed by atoms with Crippen molar-refractivity contribution in [3.63, 3.8) is 0 Å². The van der Waals surface area contributed by atoms with Crippen LogP contribution in [0.25, 0.3) is 0 Å². The van der Waals surface area contributed by atoms with E-state index in [0.29, 0.717) is 0 Å². The average Bonchev–Trinajstić information content (AvgIpc) is 2.46. The van der Waals surface area contributed by atoms with Gasteiger partial charge in [0.25, 0.3) is 0 Å². The Bertz CT molecular complexity index is 434. The molecular formula is C6H6N4O2S2. The fraction of sp³-hybridized carbons (Fsp3) is 0.167. The monoisotopic (exact) mass is 230 g/mol. The molecule has 0 saturated heterocycles. The number of rotatable bonds is 2. The number of nitrogens with one attached hydrogen (secondary N) is 1. The Morgan fingerprint density at radius 1 is 1.79 bits per heavy atom. The van der Waals surface area contributed by atoms with Crippen molar-refractivity contribution >= 4 is 33.4 Å². The second-order valence-corrected chi connectivity index (χ2v) is 4.32. The zero-order chi connectivity index (χ0) is 10.7. The summed E-state index contributed by atoms with van der Waals surface area (Å²) in [5, 5.41) is 11.4. The number of aromatic nitrogens is 1. The summed E-state index contributed by atoms with van der Waals surface area (Å²) in [5.74, 6) is 0. The molecule has 1 heterocycles. The number of primary amides is 1. The number of hydrogen-bond acceptors (Lipinski definition) is 5. The van der Waals surface area contributed by atoms with E-state index in [1.807, 2.05) is 6.07 Å². The highest BCUT2D eigenvalue weighted by molar-refractivity contribution is 7.84. The molecule has 0 aliphatic rings. The van der Waals surface area contributed by atoms with Crippen LogP contribution in [-0.4, -0.2) is 20.9 Å². The van der Waals surface area contributed by atoms with Crippen molar-refractivity contribution in [2.75, 3.05) is 11.6 Å². The van der Waals surface area contributed by atoms with Crippen molar-refractivity contribution in [2.45, 2.75) is 5.03 Å². The fourth-order valence-electron chi connectivity index (χ4n) is 0.768. The number of nitriles is 1. The summed E-state index contributed by atoms with van der Waals surface area (Å²) in [6.07, 6.45) is 1.41. The van der Waals surface area contributed by atoms with Gasteiger partial charge >= 0.3 is 6.03 Å². The summed E-state index contributed by atoms with van der Waals surface area (Å²) < 4.78 is 14.9. The number of anilines is 1. The highest BCUT2D eigenvalue weighted by atomic mass is 32.2. The summed E-state index contributed by atoms with van der Waals surface area (Å²) in [7, 11) is -1.35. The number of carbonyl (C=O) groups excluding carboxylic acids is 1. The normalized spacial score (nSPS) is 11.7. The van der Waals surface area contributed by atoms with Gasteiger partial charge in [0, 0.05) is 6.26 Å². The molecule has 1 rings (SSSR count). The topological polar surface area (TPSA) is 109 Å². The molecule has 0 bridgehead atoms. The van der Waals surface area contributed by atoms with E-state index in [9.17, 15) is 9.00 Å². The first-order chi connectivity index (χ1) is 6.56. The van der Waals surface area contributed by atoms with Gasteiger partial charge in [-0.3, -0.25) is 9.53 Å².